The Morgan fingerprint density at radius 1 is 1.44 bits per heavy atom. The van der Waals surface area contributed by atoms with E-state index >= 15 is 0 Å². The number of aromatic amines is 1. The highest BCUT2D eigenvalue weighted by Crippen LogP contribution is 2.24. The predicted octanol–water partition coefficient (Wildman–Crippen LogP) is 2.12. The second kappa shape index (κ2) is 4.68. The van der Waals surface area contributed by atoms with Crippen LogP contribution in [0.25, 0.3) is 10.9 Å². The molecule has 0 amide bonds. The Hall–Kier alpha value is -1.32. The zero-order valence-corrected chi connectivity index (χ0v) is 9.75. The van der Waals surface area contributed by atoms with E-state index in [0.29, 0.717) is 6.54 Å². The maximum atomic E-state index is 8.80. The van der Waals surface area contributed by atoms with Gasteiger partial charge in [0.25, 0.3) is 0 Å². The van der Waals surface area contributed by atoms with Crippen LogP contribution in [-0.4, -0.2) is 23.2 Å². The van der Waals surface area contributed by atoms with Crippen molar-refractivity contribution < 1.29 is 5.11 Å². The molecule has 0 aliphatic heterocycles. The van der Waals surface area contributed by atoms with Crippen molar-refractivity contribution in [3.8, 4) is 0 Å². The second-order valence-electron chi connectivity index (χ2n) is 4.19. The molecule has 0 aliphatic carbocycles. The molecule has 0 fully saturated rings. The molecule has 2 rings (SSSR count). The zero-order chi connectivity index (χ0) is 11.5. The van der Waals surface area contributed by atoms with Crippen LogP contribution in [0.3, 0.4) is 0 Å². The van der Waals surface area contributed by atoms with E-state index in [9.17, 15) is 0 Å². The molecule has 0 aliphatic rings. The Morgan fingerprint density at radius 2 is 2.25 bits per heavy atom. The standard InChI is InChI=1S/C13H18N2O/c1-9-3-4-13-11(7-9)12(8-15-13)10(2)14-5-6-16/h3-4,7-8,10,14-16H,5-6H2,1-2H3. The first-order valence-electron chi connectivity index (χ1n) is 5.64. The molecule has 0 bridgehead atoms. The highest BCUT2D eigenvalue weighted by atomic mass is 16.3. The Kier molecular flexibility index (Phi) is 3.27. The van der Waals surface area contributed by atoms with E-state index in [-0.39, 0.29) is 12.6 Å². The van der Waals surface area contributed by atoms with Crippen molar-refractivity contribution in [2.75, 3.05) is 13.2 Å². The van der Waals surface area contributed by atoms with Crippen molar-refractivity contribution in [2.45, 2.75) is 19.9 Å². The molecular formula is C13H18N2O. The van der Waals surface area contributed by atoms with Crippen LogP contribution in [0, 0.1) is 6.92 Å². The van der Waals surface area contributed by atoms with Crippen molar-refractivity contribution in [2.24, 2.45) is 0 Å². The minimum atomic E-state index is 0.172. The summed E-state index contributed by atoms with van der Waals surface area (Å²) in [6.07, 6.45) is 2.04. The topological polar surface area (TPSA) is 48.0 Å². The number of aliphatic hydroxyl groups excluding tert-OH is 1. The van der Waals surface area contributed by atoms with Crippen LogP contribution in [0.5, 0.6) is 0 Å². The molecule has 1 heterocycles. The summed E-state index contributed by atoms with van der Waals surface area (Å²) in [6.45, 7) is 5.01. The van der Waals surface area contributed by atoms with Gasteiger partial charge in [-0.15, -0.1) is 0 Å². The fourth-order valence-electron chi connectivity index (χ4n) is 2.01. The predicted molar refractivity (Wildman–Crippen MR) is 66.5 cm³/mol. The van der Waals surface area contributed by atoms with E-state index in [0.717, 1.165) is 0 Å². The van der Waals surface area contributed by atoms with Crippen molar-refractivity contribution >= 4 is 10.9 Å². The number of rotatable bonds is 4. The fraction of sp³-hybridized carbons (Fsp3) is 0.385. The largest absolute Gasteiger partial charge is 0.395 e. The normalized spacial score (nSPS) is 13.2. The van der Waals surface area contributed by atoms with Crippen LogP contribution in [0.1, 0.15) is 24.1 Å². The lowest BCUT2D eigenvalue weighted by Crippen LogP contribution is -2.21. The highest BCUT2D eigenvalue weighted by Gasteiger charge is 2.10. The van der Waals surface area contributed by atoms with E-state index in [1.54, 1.807) is 0 Å². The molecule has 16 heavy (non-hydrogen) atoms. The number of H-pyrrole nitrogens is 1. The summed E-state index contributed by atoms with van der Waals surface area (Å²) in [4.78, 5) is 3.27. The number of aromatic nitrogens is 1. The second-order valence-corrected chi connectivity index (χ2v) is 4.19. The summed E-state index contributed by atoms with van der Waals surface area (Å²) in [5, 5.41) is 13.3. The molecule has 1 unspecified atom stereocenters. The summed E-state index contributed by atoms with van der Waals surface area (Å²) in [6, 6.07) is 6.65. The Balaban J connectivity index is 2.33. The Bertz CT molecular complexity index is 476. The summed E-state index contributed by atoms with van der Waals surface area (Å²) in [5.74, 6) is 0. The van der Waals surface area contributed by atoms with Crippen LogP contribution in [0.4, 0.5) is 0 Å². The lowest BCUT2D eigenvalue weighted by Gasteiger charge is -2.12. The molecule has 0 radical (unpaired) electrons. The van der Waals surface area contributed by atoms with Crippen molar-refractivity contribution in [1.82, 2.24) is 10.3 Å². The lowest BCUT2D eigenvalue weighted by atomic mass is 10.1. The van der Waals surface area contributed by atoms with Crippen LogP contribution >= 0.6 is 0 Å². The molecule has 1 aromatic carbocycles. The Morgan fingerprint density at radius 3 is 3.00 bits per heavy atom. The number of fused-ring (bicyclic) bond motifs is 1. The average Bonchev–Trinajstić information content (AvgIpc) is 2.68. The van der Waals surface area contributed by atoms with Crippen molar-refractivity contribution in [3.05, 3.63) is 35.5 Å². The third kappa shape index (κ3) is 2.10. The van der Waals surface area contributed by atoms with Crippen LogP contribution < -0.4 is 5.32 Å². The van der Waals surface area contributed by atoms with E-state index in [2.05, 4.69) is 42.3 Å². The van der Waals surface area contributed by atoms with Gasteiger partial charge >= 0.3 is 0 Å². The SMILES string of the molecule is Cc1ccc2[nH]cc(C(C)NCCO)c2c1. The maximum Gasteiger partial charge on any atom is 0.0556 e. The summed E-state index contributed by atoms with van der Waals surface area (Å²) < 4.78 is 0. The van der Waals surface area contributed by atoms with Gasteiger partial charge in [0, 0.05) is 29.7 Å². The van der Waals surface area contributed by atoms with E-state index < -0.39 is 0 Å². The third-order valence-electron chi connectivity index (χ3n) is 2.90. The number of hydrogen-bond acceptors (Lipinski definition) is 2. The van der Waals surface area contributed by atoms with Gasteiger partial charge in [0.05, 0.1) is 6.61 Å². The number of benzene rings is 1. The van der Waals surface area contributed by atoms with Crippen LogP contribution in [0.15, 0.2) is 24.4 Å². The first-order valence-corrected chi connectivity index (χ1v) is 5.64. The van der Waals surface area contributed by atoms with Gasteiger partial charge in [0.15, 0.2) is 0 Å². The number of aliphatic hydroxyl groups is 1. The number of aryl methyl sites for hydroxylation is 1. The molecule has 1 atom stereocenters. The molecule has 3 nitrogen and oxygen atoms in total. The molecular weight excluding hydrogens is 200 g/mol. The smallest absolute Gasteiger partial charge is 0.0556 e. The van der Waals surface area contributed by atoms with Gasteiger partial charge in [-0.2, -0.15) is 0 Å². The summed E-state index contributed by atoms with van der Waals surface area (Å²) >= 11 is 0. The van der Waals surface area contributed by atoms with E-state index in [1.165, 1.54) is 22.0 Å². The van der Waals surface area contributed by atoms with Gasteiger partial charge in [-0.25, -0.2) is 0 Å². The maximum absolute atomic E-state index is 8.80. The minimum absolute atomic E-state index is 0.172. The van der Waals surface area contributed by atoms with E-state index in [4.69, 9.17) is 5.11 Å². The van der Waals surface area contributed by atoms with Crippen molar-refractivity contribution in [1.29, 1.82) is 0 Å². The van der Waals surface area contributed by atoms with Gasteiger partial charge in [-0.05, 0) is 31.5 Å². The molecule has 3 N–H and O–H groups in total. The van der Waals surface area contributed by atoms with Gasteiger partial charge in [0.1, 0.15) is 0 Å². The molecule has 86 valence electrons. The third-order valence-corrected chi connectivity index (χ3v) is 2.90. The van der Waals surface area contributed by atoms with Crippen LogP contribution in [0.2, 0.25) is 0 Å². The Labute approximate surface area is 95.5 Å². The molecule has 1 aromatic heterocycles. The zero-order valence-electron chi connectivity index (χ0n) is 9.75. The highest BCUT2D eigenvalue weighted by molar-refractivity contribution is 5.84. The van der Waals surface area contributed by atoms with Gasteiger partial charge in [-0.3, -0.25) is 0 Å². The summed E-state index contributed by atoms with van der Waals surface area (Å²) in [5.41, 5.74) is 3.69. The molecule has 2 aromatic rings. The molecule has 0 saturated carbocycles. The summed E-state index contributed by atoms with van der Waals surface area (Å²) in [7, 11) is 0. The fourth-order valence-corrected chi connectivity index (χ4v) is 2.01. The monoisotopic (exact) mass is 218 g/mol. The van der Waals surface area contributed by atoms with Gasteiger partial charge < -0.3 is 15.4 Å². The average molecular weight is 218 g/mol. The first kappa shape index (κ1) is 11.2. The van der Waals surface area contributed by atoms with E-state index in [1.807, 2.05) is 6.20 Å². The van der Waals surface area contributed by atoms with Gasteiger partial charge in [0.2, 0.25) is 0 Å². The number of hydrogen-bond donors (Lipinski definition) is 3. The van der Waals surface area contributed by atoms with Gasteiger partial charge in [-0.1, -0.05) is 11.6 Å². The first-order chi connectivity index (χ1) is 7.72. The quantitative estimate of drug-likeness (QED) is 0.736. The van der Waals surface area contributed by atoms with Crippen molar-refractivity contribution in [3.63, 3.8) is 0 Å². The van der Waals surface area contributed by atoms with Crippen LogP contribution in [-0.2, 0) is 0 Å². The molecule has 3 heteroatoms. The molecule has 0 saturated heterocycles. The lowest BCUT2D eigenvalue weighted by molar-refractivity contribution is 0.286. The minimum Gasteiger partial charge on any atom is -0.395 e. The number of nitrogens with one attached hydrogen (secondary N) is 2. The molecule has 0 spiro atoms.